The fourth-order valence-corrected chi connectivity index (χ4v) is 4.48. The molecule has 1 aromatic heterocycles. The van der Waals surface area contributed by atoms with Crippen molar-refractivity contribution in [1.29, 1.82) is 0 Å². The standard InChI is InChI=1S/C19H22N4O3S/c1-3-22-9-8-13-17(11-22)27-19(20-13)21-18(25)16-10-23(12(2)24)14-6-4-5-7-15(14)26-16/h4-7,16H,3,8-11H2,1-2H3,(H,20,21,25)/t16-/m1/s1. The number of para-hydroxylation sites is 2. The molecule has 0 fully saturated rings. The summed E-state index contributed by atoms with van der Waals surface area (Å²) in [7, 11) is 0. The predicted molar refractivity (Wildman–Crippen MR) is 104 cm³/mol. The lowest BCUT2D eigenvalue weighted by Gasteiger charge is -2.33. The molecule has 8 heteroatoms. The Bertz CT molecular complexity index is 882. The second-order valence-electron chi connectivity index (χ2n) is 6.70. The van der Waals surface area contributed by atoms with Gasteiger partial charge in [0.15, 0.2) is 11.2 Å². The molecule has 0 saturated carbocycles. The van der Waals surface area contributed by atoms with E-state index in [2.05, 4.69) is 22.1 Å². The second kappa shape index (κ2) is 7.28. The number of thiazole rings is 1. The fraction of sp³-hybridized carbons (Fsp3) is 0.421. The maximum absolute atomic E-state index is 12.8. The molecule has 0 bridgehead atoms. The first-order chi connectivity index (χ1) is 13.0. The molecule has 27 heavy (non-hydrogen) atoms. The number of likely N-dealkylation sites (N-methyl/N-ethyl adjacent to an activating group) is 1. The van der Waals surface area contributed by atoms with Crippen LogP contribution in [0.1, 0.15) is 24.4 Å². The maximum atomic E-state index is 12.8. The van der Waals surface area contributed by atoms with Gasteiger partial charge in [0.2, 0.25) is 5.91 Å². The van der Waals surface area contributed by atoms with Crippen LogP contribution in [0, 0.1) is 0 Å². The van der Waals surface area contributed by atoms with Gasteiger partial charge >= 0.3 is 0 Å². The van der Waals surface area contributed by atoms with Crippen molar-refractivity contribution in [2.24, 2.45) is 0 Å². The van der Waals surface area contributed by atoms with Gasteiger partial charge in [0.25, 0.3) is 5.91 Å². The van der Waals surface area contributed by atoms with Crippen molar-refractivity contribution in [3.05, 3.63) is 34.8 Å². The summed E-state index contributed by atoms with van der Waals surface area (Å²) in [6.45, 7) is 6.71. The number of nitrogens with zero attached hydrogens (tertiary/aromatic N) is 3. The van der Waals surface area contributed by atoms with Gasteiger partial charge in [-0.2, -0.15) is 0 Å². The number of aromatic nitrogens is 1. The van der Waals surface area contributed by atoms with Gasteiger partial charge in [-0.3, -0.25) is 19.8 Å². The van der Waals surface area contributed by atoms with Crippen molar-refractivity contribution >= 4 is 34.0 Å². The number of rotatable bonds is 3. The Morgan fingerprint density at radius 2 is 2.19 bits per heavy atom. The molecule has 1 aromatic carbocycles. The molecule has 0 aliphatic carbocycles. The van der Waals surface area contributed by atoms with E-state index in [1.807, 2.05) is 18.2 Å². The highest BCUT2D eigenvalue weighted by Crippen LogP contribution is 2.34. The quantitative estimate of drug-likeness (QED) is 0.876. The van der Waals surface area contributed by atoms with Gasteiger partial charge in [-0.05, 0) is 18.7 Å². The average molecular weight is 386 g/mol. The Hall–Kier alpha value is -2.45. The Balaban J connectivity index is 1.49. The molecule has 0 spiro atoms. The SMILES string of the molecule is CCN1CCc2nc(NC(=O)[C@H]3CN(C(C)=O)c4ccccc4O3)sc2C1. The minimum Gasteiger partial charge on any atom is -0.476 e. The Kier molecular flexibility index (Phi) is 4.84. The average Bonchev–Trinajstić information content (AvgIpc) is 3.08. The monoisotopic (exact) mass is 386 g/mol. The van der Waals surface area contributed by atoms with E-state index in [0.29, 0.717) is 16.6 Å². The molecule has 0 saturated heterocycles. The van der Waals surface area contributed by atoms with E-state index < -0.39 is 6.10 Å². The highest BCUT2D eigenvalue weighted by Gasteiger charge is 2.33. The number of carbonyl (C=O) groups excluding carboxylic acids is 2. The lowest BCUT2D eigenvalue weighted by Crippen LogP contribution is -2.48. The van der Waals surface area contributed by atoms with E-state index in [9.17, 15) is 9.59 Å². The zero-order chi connectivity index (χ0) is 19.0. The number of anilines is 2. The predicted octanol–water partition coefficient (Wildman–Crippen LogP) is 2.27. The van der Waals surface area contributed by atoms with Crippen LogP contribution in [0.15, 0.2) is 24.3 Å². The molecule has 1 N–H and O–H groups in total. The number of amides is 2. The van der Waals surface area contributed by atoms with E-state index in [4.69, 9.17) is 4.74 Å². The van der Waals surface area contributed by atoms with Crippen LogP contribution in [0.5, 0.6) is 5.75 Å². The van der Waals surface area contributed by atoms with Crippen LogP contribution in [0.25, 0.3) is 0 Å². The first kappa shape index (κ1) is 17.9. The number of benzene rings is 1. The number of nitrogens with one attached hydrogen (secondary N) is 1. The zero-order valence-electron chi connectivity index (χ0n) is 15.4. The summed E-state index contributed by atoms with van der Waals surface area (Å²) in [5.41, 5.74) is 1.76. The normalized spacial score (nSPS) is 19.0. The number of hydrogen-bond acceptors (Lipinski definition) is 6. The van der Waals surface area contributed by atoms with Crippen LogP contribution < -0.4 is 15.0 Å². The lowest BCUT2D eigenvalue weighted by atomic mass is 10.1. The molecule has 142 valence electrons. The van der Waals surface area contributed by atoms with E-state index in [1.54, 1.807) is 11.0 Å². The molecule has 2 amide bonds. The molecular formula is C19H22N4O3S. The largest absolute Gasteiger partial charge is 0.476 e. The number of ether oxygens (including phenoxy) is 1. The fourth-order valence-electron chi connectivity index (χ4n) is 3.43. The zero-order valence-corrected chi connectivity index (χ0v) is 16.2. The highest BCUT2D eigenvalue weighted by atomic mass is 32.1. The molecule has 2 aliphatic rings. The molecule has 2 aliphatic heterocycles. The Morgan fingerprint density at radius 3 is 2.96 bits per heavy atom. The summed E-state index contributed by atoms with van der Waals surface area (Å²) in [4.78, 5) is 34.5. The number of hydrogen-bond donors (Lipinski definition) is 1. The first-order valence-electron chi connectivity index (χ1n) is 9.10. The third-order valence-electron chi connectivity index (χ3n) is 4.93. The van der Waals surface area contributed by atoms with E-state index in [1.165, 1.54) is 23.1 Å². The van der Waals surface area contributed by atoms with Crippen molar-refractivity contribution < 1.29 is 14.3 Å². The van der Waals surface area contributed by atoms with Gasteiger partial charge in [0.1, 0.15) is 5.75 Å². The van der Waals surface area contributed by atoms with E-state index in [0.717, 1.165) is 31.7 Å². The Morgan fingerprint density at radius 1 is 1.37 bits per heavy atom. The summed E-state index contributed by atoms with van der Waals surface area (Å²) < 4.78 is 5.85. The van der Waals surface area contributed by atoms with Crippen molar-refractivity contribution in [3.8, 4) is 5.75 Å². The lowest BCUT2D eigenvalue weighted by molar-refractivity contribution is -0.123. The van der Waals surface area contributed by atoms with E-state index in [-0.39, 0.29) is 18.4 Å². The molecular weight excluding hydrogens is 364 g/mol. The molecule has 3 heterocycles. The summed E-state index contributed by atoms with van der Waals surface area (Å²) in [5, 5.41) is 3.48. The molecule has 0 radical (unpaired) electrons. The first-order valence-corrected chi connectivity index (χ1v) is 9.92. The van der Waals surface area contributed by atoms with Gasteiger partial charge < -0.3 is 9.64 Å². The molecule has 0 unspecified atom stereocenters. The molecule has 1 atom stereocenters. The molecule has 2 aromatic rings. The molecule has 7 nitrogen and oxygen atoms in total. The van der Waals surface area contributed by atoms with Gasteiger partial charge in [-0.1, -0.05) is 19.1 Å². The third kappa shape index (κ3) is 3.54. The van der Waals surface area contributed by atoms with Gasteiger partial charge in [-0.25, -0.2) is 4.98 Å². The van der Waals surface area contributed by atoms with Crippen LogP contribution in [0.4, 0.5) is 10.8 Å². The van der Waals surface area contributed by atoms with Crippen molar-refractivity contribution in [2.45, 2.75) is 32.9 Å². The minimum atomic E-state index is -0.767. The summed E-state index contributed by atoms with van der Waals surface area (Å²) in [6.07, 6.45) is 0.137. The maximum Gasteiger partial charge on any atom is 0.269 e. The highest BCUT2D eigenvalue weighted by molar-refractivity contribution is 7.15. The van der Waals surface area contributed by atoms with Crippen LogP contribution in [0.3, 0.4) is 0 Å². The summed E-state index contributed by atoms with van der Waals surface area (Å²) >= 11 is 1.52. The van der Waals surface area contributed by atoms with Crippen molar-refractivity contribution in [1.82, 2.24) is 9.88 Å². The van der Waals surface area contributed by atoms with Crippen molar-refractivity contribution in [2.75, 3.05) is 29.9 Å². The van der Waals surface area contributed by atoms with Crippen LogP contribution >= 0.6 is 11.3 Å². The molecule has 4 rings (SSSR count). The number of fused-ring (bicyclic) bond motifs is 2. The van der Waals surface area contributed by atoms with Gasteiger partial charge in [0, 0.05) is 31.3 Å². The summed E-state index contributed by atoms with van der Waals surface area (Å²) in [6, 6.07) is 7.26. The second-order valence-corrected chi connectivity index (χ2v) is 7.78. The van der Waals surface area contributed by atoms with Crippen molar-refractivity contribution in [3.63, 3.8) is 0 Å². The van der Waals surface area contributed by atoms with Crippen LogP contribution in [-0.2, 0) is 22.6 Å². The summed E-state index contributed by atoms with van der Waals surface area (Å²) in [5.74, 6) is 0.137. The third-order valence-corrected chi connectivity index (χ3v) is 5.93. The van der Waals surface area contributed by atoms with Gasteiger partial charge in [0.05, 0.1) is 17.9 Å². The topological polar surface area (TPSA) is 74.8 Å². The van der Waals surface area contributed by atoms with Gasteiger partial charge in [-0.15, -0.1) is 11.3 Å². The Labute approximate surface area is 161 Å². The van der Waals surface area contributed by atoms with Crippen LogP contribution in [0.2, 0.25) is 0 Å². The van der Waals surface area contributed by atoms with E-state index >= 15 is 0 Å². The smallest absolute Gasteiger partial charge is 0.269 e. The van der Waals surface area contributed by atoms with Crippen LogP contribution in [-0.4, -0.2) is 47.4 Å². The number of carbonyl (C=O) groups is 2. The minimum absolute atomic E-state index is 0.118.